The molecule has 1 saturated heterocycles. The quantitative estimate of drug-likeness (QED) is 0.573. The Labute approximate surface area is 182 Å². The molecule has 1 fully saturated rings. The van der Waals surface area contributed by atoms with Gasteiger partial charge in [0.1, 0.15) is 5.75 Å². The van der Waals surface area contributed by atoms with Gasteiger partial charge in [0.15, 0.2) is 0 Å². The first kappa shape index (κ1) is 22.3. The van der Waals surface area contributed by atoms with E-state index in [1.165, 1.54) is 4.90 Å². The van der Waals surface area contributed by atoms with Gasteiger partial charge in [-0.1, -0.05) is 17.7 Å². The molecule has 0 atom stereocenters. The molecule has 0 aliphatic carbocycles. The van der Waals surface area contributed by atoms with Crippen LogP contribution in [-0.4, -0.2) is 69.0 Å². The van der Waals surface area contributed by atoms with Crippen molar-refractivity contribution in [3.63, 3.8) is 0 Å². The van der Waals surface area contributed by atoms with Gasteiger partial charge >= 0.3 is 11.8 Å². The van der Waals surface area contributed by atoms with Crippen molar-refractivity contribution in [2.45, 2.75) is 6.92 Å². The van der Waals surface area contributed by atoms with E-state index in [4.69, 9.17) is 4.74 Å². The summed E-state index contributed by atoms with van der Waals surface area (Å²) >= 11 is 0. The van der Waals surface area contributed by atoms with Gasteiger partial charge in [-0.3, -0.25) is 14.4 Å². The first-order valence-electron chi connectivity index (χ1n) is 10.4. The number of quaternary nitrogens is 1. The number of benzene rings is 2. The van der Waals surface area contributed by atoms with Crippen LogP contribution in [0, 0.1) is 6.92 Å². The highest BCUT2D eigenvalue weighted by Gasteiger charge is 2.24. The van der Waals surface area contributed by atoms with E-state index < -0.39 is 11.8 Å². The minimum Gasteiger partial charge on any atom is -0.497 e. The number of nitrogens with one attached hydrogen (secondary N) is 3. The van der Waals surface area contributed by atoms with Gasteiger partial charge in [-0.25, -0.2) is 0 Å². The summed E-state index contributed by atoms with van der Waals surface area (Å²) in [6.07, 6.45) is 0. The van der Waals surface area contributed by atoms with Gasteiger partial charge in [0.25, 0.3) is 5.91 Å². The second-order valence-corrected chi connectivity index (χ2v) is 7.60. The number of anilines is 1. The Kier molecular flexibility index (Phi) is 7.61. The van der Waals surface area contributed by atoms with Crippen LogP contribution in [0.25, 0.3) is 0 Å². The van der Waals surface area contributed by atoms with Gasteiger partial charge in [-0.15, -0.1) is 0 Å². The van der Waals surface area contributed by atoms with Crippen LogP contribution in [0.2, 0.25) is 0 Å². The maximum Gasteiger partial charge on any atom is 0.313 e. The summed E-state index contributed by atoms with van der Waals surface area (Å²) in [5, 5.41) is 5.26. The van der Waals surface area contributed by atoms with Crippen LogP contribution in [0.4, 0.5) is 5.69 Å². The fourth-order valence-corrected chi connectivity index (χ4v) is 3.45. The number of ether oxygens (including phenoxy) is 1. The molecule has 8 nitrogen and oxygen atoms in total. The van der Waals surface area contributed by atoms with E-state index in [2.05, 4.69) is 10.6 Å². The van der Waals surface area contributed by atoms with Gasteiger partial charge in [0.2, 0.25) is 0 Å². The Balaban J connectivity index is 1.36. The monoisotopic (exact) mass is 425 g/mol. The molecule has 0 bridgehead atoms. The molecule has 3 amide bonds. The molecule has 31 heavy (non-hydrogen) atoms. The van der Waals surface area contributed by atoms with Crippen LogP contribution in [0.1, 0.15) is 15.9 Å². The summed E-state index contributed by atoms with van der Waals surface area (Å²) in [7, 11) is 1.59. The summed E-state index contributed by atoms with van der Waals surface area (Å²) in [5.41, 5.74) is 2.32. The van der Waals surface area contributed by atoms with E-state index in [9.17, 15) is 14.4 Å². The lowest BCUT2D eigenvalue weighted by atomic mass is 10.1. The second kappa shape index (κ2) is 10.6. The molecule has 1 aliphatic heterocycles. The molecule has 0 radical (unpaired) electrons. The van der Waals surface area contributed by atoms with Crippen molar-refractivity contribution in [1.29, 1.82) is 0 Å². The van der Waals surface area contributed by atoms with Crippen molar-refractivity contribution in [3.05, 3.63) is 59.7 Å². The third-order valence-corrected chi connectivity index (χ3v) is 5.37. The van der Waals surface area contributed by atoms with Crippen LogP contribution in [0.15, 0.2) is 48.5 Å². The van der Waals surface area contributed by atoms with Crippen LogP contribution in [-0.2, 0) is 9.59 Å². The van der Waals surface area contributed by atoms with Crippen molar-refractivity contribution in [3.8, 4) is 5.75 Å². The minimum absolute atomic E-state index is 0.0165. The number of methoxy groups -OCH3 is 1. The highest BCUT2D eigenvalue weighted by atomic mass is 16.5. The zero-order valence-corrected chi connectivity index (χ0v) is 17.9. The molecule has 2 aromatic carbocycles. The highest BCUT2D eigenvalue weighted by Crippen LogP contribution is 2.13. The van der Waals surface area contributed by atoms with Crippen LogP contribution < -0.4 is 20.3 Å². The number of carbonyl (C=O) groups is 3. The van der Waals surface area contributed by atoms with Crippen molar-refractivity contribution in [1.82, 2.24) is 10.2 Å². The molecule has 0 aromatic heterocycles. The van der Waals surface area contributed by atoms with Crippen LogP contribution >= 0.6 is 0 Å². The summed E-state index contributed by atoms with van der Waals surface area (Å²) in [6, 6.07) is 14.4. The lowest BCUT2D eigenvalue weighted by Gasteiger charge is -2.32. The first-order valence-corrected chi connectivity index (χ1v) is 10.4. The number of hydrogen-bond donors (Lipinski definition) is 3. The van der Waals surface area contributed by atoms with Gasteiger partial charge < -0.3 is 25.2 Å². The normalized spacial score (nSPS) is 14.1. The Morgan fingerprint density at radius 1 is 0.968 bits per heavy atom. The molecule has 8 heteroatoms. The number of hydrogen-bond acceptors (Lipinski definition) is 4. The number of piperazine rings is 1. The smallest absolute Gasteiger partial charge is 0.313 e. The standard InChI is InChI=1S/C23H28N4O4/c1-17-3-7-19(8-4-17)25-22(29)21(28)24-11-12-26-13-15-27(16-14-26)23(30)18-5-9-20(31-2)10-6-18/h3-10H,11-16H2,1-2H3,(H,24,28)(H,25,29)/p+1. The predicted molar refractivity (Wildman–Crippen MR) is 117 cm³/mol. The average Bonchev–Trinajstić information content (AvgIpc) is 2.80. The predicted octanol–water partition coefficient (Wildman–Crippen LogP) is 0.0992. The van der Waals surface area contributed by atoms with Gasteiger partial charge in [0.05, 0.1) is 46.4 Å². The number of carbonyl (C=O) groups excluding carboxylic acids is 3. The topological polar surface area (TPSA) is 92.2 Å². The lowest BCUT2D eigenvalue weighted by molar-refractivity contribution is -0.902. The van der Waals surface area contributed by atoms with Crippen molar-refractivity contribution < 1.29 is 24.0 Å². The summed E-state index contributed by atoms with van der Waals surface area (Å²) in [4.78, 5) is 39.8. The molecule has 164 valence electrons. The summed E-state index contributed by atoms with van der Waals surface area (Å²) in [6.45, 7) is 5.97. The molecular weight excluding hydrogens is 396 g/mol. The van der Waals surface area contributed by atoms with E-state index in [0.717, 1.165) is 24.4 Å². The number of nitrogens with zero attached hydrogens (tertiary/aromatic N) is 1. The molecule has 0 spiro atoms. The van der Waals surface area contributed by atoms with E-state index in [0.29, 0.717) is 37.4 Å². The fourth-order valence-electron chi connectivity index (χ4n) is 3.45. The highest BCUT2D eigenvalue weighted by molar-refractivity contribution is 6.39. The Morgan fingerprint density at radius 2 is 1.61 bits per heavy atom. The number of amides is 3. The minimum atomic E-state index is -0.672. The zero-order valence-electron chi connectivity index (χ0n) is 17.9. The van der Waals surface area contributed by atoms with E-state index >= 15 is 0 Å². The van der Waals surface area contributed by atoms with E-state index in [-0.39, 0.29) is 5.91 Å². The van der Waals surface area contributed by atoms with Crippen LogP contribution in [0.3, 0.4) is 0 Å². The number of rotatable bonds is 6. The van der Waals surface area contributed by atoms with Crippen molar-refractivity contribution in [2.75, 3.05) is 51.7 Å². The van der Waals surface area contributed by atoms with Gasteiger partial charge in [-0.2, -0.15) is 0 Å². The average molecular weight is 426 g/mol. The third kappa shape index (κ3) is 6.29. The molecule has 3 rings (SSSR count). The van der Waals surface area contributed by atoms with Crippen LogP contribution in [0.5, 0.6) is 5.75 Å². The SMILES string of the molecule is COc1ccc(C(=O)N2CC[NH+](CCNC(=O)C(=O)Nc3ccc(C)cc3)CC2)cc1. The second-order valence-electron chi connectivity index (χ2n) is 7.60. The zero-order chi connectivity index (χ0) is 22.2. The van der Waals surface area contributed by atoms with Crippen molar-refractivity contribution in [2.24, 2.45) is 0 Å². The Hall–Kier alpha value is -3.39. The first-order chi connectivity index (χ1) is 15.0. The van der Waals surface area contributed by atoms with E-state index in [1.54, 1.807) is 43.5 Å². The lowest BCUT2D eigenvalue weighted by Crippen LogP contribution is -3.15. The summed E-state index contributed by atoms with van der Waals surface area (Å²) < 4.78 is 5.13. The van der Waals surface area contributed by atoms with Gasteiger partial charge in [-0.05, 0) is 43.3 Å². The summed E-state index contributed by atoms with van der Waals surface area (Å²) in [5.74, 6) is -0.578. The molecule has 0 unspecified atom stereocenters. The van der Waals surface area contributed by atoms with Crippen molar-refractivity contribution >= 4 is 23.4 Å². The van der Waals surface area contributed by atoms with E-state index in [1.807, 2.05) is 24.0 Å². The number of aryl methyl sites for hydroxylation is 1. The van der Waals surface area contributed by atoms with Gasteiger partial charge in [0, 0.05) is 11.3 Å². The largest absolute Gasteiger partial charge is 0.497 e. The maximum atomic E-state index is 12.6. The maximum absolute atomic E-state index is 12.6. The molecule has 3 N–H and O–H groups in total. The Bertz CT molecular complexity index is 904. The molecule has 2 aromatic rings. The molecule has 0 saturated carbocycles. The third-order valence-electron chi connectivity index (χ3n) is 5.37. The Morgan fingerprint density at radius 3 is 2.23 bits per heavy atom. The molecule has 1 heterocycles. The molecular formula is C23H29N4O4+. The fraction of sp³-hybridized carbons (Fsp3) is 0.348. The molecule has 1 aliphatic rings.